The minimum Gasteiger partial charge on any atom is -0.392 e. The first-order valence-corrected chi connectivity index (χ1v) is 9.12. The highest BCUT2D eigenvalue weighted by molar-refractivity contribution is 6.31. The normalized spacial score (nSPS) is 32.8. The van der Waals surface area contributed by atoms with Crippen LogP contribution >= 0.6 is 11.6 Å². The third-order valence-corrected chi connectivity index (χ3v) is 5.98. The van der Waals surface area contributed by atoms with Crippen molar-refractivity contribution in [1.29, 1.82) is 0 Å². The highest BCUT2D eigenvalue weighted by Crippen LogP contribution is 2.53. The number of hydrogen-bond acceptors (Lipinski definition) is 6. The van der Waals surface area contributed by atoms with Gasteiger partial charge in [0.15, 0.2) is 0 Å². The third-order valence-electron chi connectivity index (χ3n) is 5.74. The molecule has 27 heavy (non-hydrogen) atoms. The summed E-state index contributed by atoms with van der Waals surface area (Å²) in [5.74, 6) is -3.07. The van der Waals surface area contributed by atoms with E-state index in [1.807, 2.05) is 0 Å². The molecule has 9 heteroatoms. The van der Waals surface area contributed by atoms with E-state index >= 15 is 0 Å². The first-order chi connectivity index (χ1) is 12.8. The highest BCUT2D eigenvalue weighted by atomic mass is 35.5. The number of aliphatic hydroxyl groups is 1. The molecule has 0 saturated carbocycles. The first-order valence-electron chi connectivity index (χ1n) is 8.74. The van der Waals surface area contributed by atoms with Crippen molar-refractivity contribution in [3.8, 4) is 0 Å². The van der Waals surface area contributed by atoms with Gasteiger partial charge in [0.25, 0.3) is 0 Å². The van der Waals surface area contributed by atoms with E-state index in [-0.39, 0.29) is 13.2 Å². The van der Waals surface area contributed by atoms with Gasteiger partial charge in [-0.15, -0.1) is 0 Å². The summed E-state index contributed by atoms with van der Waals surface area (Å²) < 4.78 is 5.00. The average Bonchev–Trinajstić information content (AvgIpc) is 3.20. The molecular weight excluding hydrogens is 374 g/mol. The summed E-state index contributed by atoms with van der Waals surface area (Å²) in [6, 6.07) is 4.19. The zero-order chi connectivity index (χ0) is 19.5. The summed E-state index contributed by atoms with van der Waals surface area (Å²) in [4.78, 5) is 40.3. The van der Waals surface area contributed by atoms with Crippen molar-refractivity contribution in [1.82, 2.24) is 10.2 Å². The van der Waals surface area contributed by atoms with Crippen LogP contribution in [0, 0.1) is 11.8 Å². The van der Waals surface area contributed by atoms with Gasteiger partial charge in [-0.3, -0.25) is 24.6 Å². The van der Waals surface area contributed by atoms with Gasteiger partial charge in [0, 0.05) is 29.4 Å². The number of fused-ring (bicyclic) bond motifs is 4. The number of amides is 3. The van der Waals surface area contributed by atoms with Gasteiger partial charge in [0.05, 0.1) is 31.1 Å². The molecule has 3 heterocycles. The van der Waals surface area contributed by atoms with Crippen molar-refractivity contribution < 1.29 is 24.2 Å². The van der Waals surface area contributed by atoms with E-state index in [4.69, 9.17) is 16.3 Å². The molecule has 3 N–H and O–H groups in total. The van der Waals surface area contributed by atoms with E-state index in [0.29, 0.717) is 16.3 Å². The molecule has 0 radical (unpaired) electrons. The lowest BCUT2D eigenvalue weighted by atomic mass is 9.76. The molecule has 1 aromatic rings. The summed E-state index contributed by atoms with van der Waals surface area (Å²) >= 11 is 6.14. The second kappa shape index (κ2) is 6.27. The van der Waals surface area contributed by atoms with Crippen LogP contribution in [0.3, 0.4) is 0 Å². The van der Waals surface area contributed by atoms with Gasteiger partial charge in [-0.25, -0.2) is 0 Å². The number of nitrogens with zero attached hydrogens (tertiary/aromatic N) is 1. The van der Waals surface area contributed by atoms with Crippen molar-refractivity contribution in [3.63, 3.8) is 0 Å². The highest BCUT2D eigenvalue weighted by Gasteiger charge is 2.71. The number of methoxy groups -OCH3 is 1. The molecular formula is C18H20ClN3O5. The number of aliphatic hydroxyl groups excluding tert-OH is 1. The predicted molar refractivity (Wildman–Crippen MR) is 95.9 cm³/mol. The number of benzene rings is 1. The average molecular weight is 394 g/mol. The lowest BCUT2D eigenvalue weighted by molar-refractivity contribution is -0.143. The SMILES string of the molecule is COCCN1C(=O)[C@@H]2[C@@H]([C@H](C)O)N[C@]3(C(=O)Nc4ccc(Cl)cc43)[C@@H]2C1=O. The van der Waals surface area contributed by atoms with E-state index < -0.39 is 47.2 Å². The number of hydrogen-bond donors (Lipinski definition) is 3. The molecule has 3 aliphatic rings. The predicted octanol–water partition coefficient (Wildman–Crippen LogP) is 0.0876. The third kappa shape index (κ3) is 2.37. The van der Waals surface area contributed by atoms with Gasteiger partial charge in [0.1, 0.15) is 5.54 Å². The lowest BCUT2D eigenvalue weighted by Crippen LogP contribution is -2.55. The molecule has 3 aliphatic heterocycles. The molecule has 0 aromatic heterocycles. The first kappa shape index (κ1) is 18.4. The molecule has 0 unspecified atom stereocenters. The van der Waals surface area contributed by atoms with Crippen LogP contribution in [0.25, 0.3) is 0 Å². The fourth-order valence-corrected chi connectivity index (χ4v) is 4.75. The summed E-state index contributed by atoms with van der Waals surface area (Å²) in [5, 5.41) is 16.6. The van der Waals surface area contributed by atoms with Crippen LogP contribution in [0.5, 0.6) is 0 Å². The number of imide groups is 1. The molecule has 8 nitrogen and oxygen atoms in total. The number of anilines is 1. The van der Waals surface area contributed by atoms with Crippen molar-refractivity contribution in [2.24, 2.45) is 11.8 Å². The van der Waals surface area contributed by atoms with Crippen molar-refractivity contribution in [2.75, 3.05) is 25.6 Å². The Morgan fingerprint density at radius 1 is 1.33 bits per heavy atom. The van der Waals surface area contributed by atoms with Gasteiger partial charge in [-0.05, 0) is 25.1 Å². The second-order valence-corrected chi connectivity index (χ2v) is 7.62. The number of likely N-dealkylation sites (tertiary alicyclic amines) is 1. The quantitative estimate of drug-likeness (QED) is 0.626. The molecule has 0 aliphatic carbocycles. The summed E-state index contributed by atoms with van der Waals surface area (Å²) in [5.41, 5.74) is -0.383. The second-order valence-electron chi connectivity index (χ2n) is 7.19. The molecule has 4 rings (SSSR count). The maximum atomic E-state index is 13.2. The Kier molecular flexibility index (Phi) is 4.27. The Morgan fingerprint density at radius 3 is 2.74 bits per heavy atom. The van der Waals surface area contributed by atoms with Crippen molar-refractivity contribution in [3.05, 3.63) is 28.8 Å². The topological polar surface area (TPSA) is 108 Å². The Hall–Kier alpha value is -2.00. The lowest BCUT2D eigenvalue weighted by Gasteiger charge is -2.30. The molecule has 1 spiro atoms. The summed E-state index contributed by atoms with van der Waals surface area (Å²) in [7, 11) is 1.48. The largest absolute Gasteiger partial charge is 0.392 e. The number of halogens is 1. The van der Waals surface area contributed by atoms with E-state index in [1.165, 1.54) is 14.0 Å². The van der Waals surface area contributed by atoms with E-state index in [1.54, 1.807) is 18.2 Å². The van der Waals surface area contributed by atoms with Crippen LogP contribution in [0.4, 0.5) is 5.69 Å². The number of ether oxygens (including phenoxy) is 1. The van der Waals surface area contributed by atoms with Gasteiger partial charge < -0.3 is 15.2 Å². The molecule has 1 aromatic carbocycles. The Bertz CT molecular complexity index is 844. The molecule has 144 valence electrons. The smallest absolute Gasteiger partial charge is 0.250 e. The maximum Gasteiger partial charge on any atom is 0.250 e. The Labute approximate surface area is 160 Å². The fraction of sp³-hybridized carbons (Fsp3) is 0.500. The monoisotopic (exact) mass is 393 g/mol. The Balaban J connectivity index is 1.86. The van der Waals surface area contributed by atoms with Crippen LogP contribution in [-0.2, 0) is 24.7 Å². The summed E-state index contributed by atoms with van der Waals surface area (Å²) in [6.45, 7) is 1.84. The zero-order valence-corrected chi connectivity index (χ0v) is 15.6. The fourth-order valence-electron chi connectivity index (χ4n) is 4.58. The van der Waals surface area contributed by atoms with Crippen molar-refractivity contribution in [2.45, 2.75) is 24.6 Å². The molecule has 2 saturated heterocycles. The van der Waals surface area contributed by atoms with Crippen LogP contribution < -0.4 is 10.6 Å². The molecule has 3 amide bonds. The zero-order valence-electron chi connectivity index (χ0n) is 14.9. The molecule has 2 fully saturated rings. The Morgan fingerprint density at radius 2 is 2.07 bits per heavy atom. The number of rotatable bonds is 4. The molecule has 5 atom stereocenters. The van der Waals surface area contributed by atoms with Gasteiger partial charge >= 0.3 is 0 Å². The van der Waals surface area contributed by atoms with Crippen molar-refractivity contribution >= 4 is 35.0 Å². The number of carbonyl (C=O) groups is 3. The number of nitrogens with one attached hydrogen (secondary N) is 2. The summed E-state index contributed by atoms with van der Waals surface area (Å²) in [6.07, 6.45) is -0.938. The molecule has 0 bridgehead atoms. The van der Waals surface area contributed by atoms with E-state index in [9.17, 15) is 19.5 Å². The standard InChI is InChI=1S/C18H20ClN3O5/c1-8(23)14-12-13(16(25)22(15(12)24)5-6-27-2)18(21-14)10-7-9(19)3-4-11(10)20-17(18)26/h3-4,7-8,12-14,21,23H,5-6H2,1-2H3,(H,20,26)/t8-,12-,13-,14+,18-/m0/s1. The van der Waals surface area contributed by atoms with Crippen LogP contribution in [0.2, 0.25) is 5.02 Å². The maximum absolute atomic E-state index is 13.2. The van der Waals surface area contributed by atoms with E-state index in [0.717, 1.165) is 4.90 Å². The van der Waals surface area contributed by atoms with Crippen LogP contribution in [-0.4, -0.2) is 60.1 Å². The minimum atomic E-state index is -1.44. The van der Waals surface area contributed by atoms with E-state index in [2.05, 4.69) is 10.6 Å². The van der Waals surface area contributed by atoms with Gasteiger partial charge in [-0.1, -0.05) is 11.6 Å². The minimum absolute atomic E-state index is 0.105. The van der Waals surface area contributed by atoms with Gasteiger partial charge in [-0.2, -0.15) is 0 Å². The van der Waals surface area contributed by atoms with Gasteiger partial charge in [0.2, 0.25) is 17.7 Å². The number of carbonyl (C=O) groups excluding carboxylic acids is 3. The van der Waals surface area contributed by atoms with Crippen LogP contribution in [0.15, 0.2) is 18.2 Å². The van der Waals surface area contributed by atoms with Crippen LogP contribution in [0.1, 0.15) is 12.5 Å².